The average Bonchev–Trinajstić information content (AvgIpc) is 3.82. The number of unbranched alkanes of at least 4 members (excludes halogenated alkanes) is 1. The number of hydrogen-bond acceptors (Lipinski definition) is 9. The maximum absolute atomic E-state index is 16.6. The number of para-hydroxylation sites is 2. The zero-order valence-electron chi connectivity index (χ0n) is 31.0. The molecule has 7 rings (SSSR count). The predicted molar refractivity (Wildman–Crippen MR) is 202 cm³/mol. The van der Waals surface area contributed by atoms with Crippen LogP contribution >= 0.6 is 0 Å². The Kier molecular flexibility index (Phi) is 10.4. The van der Waals surface area contributed by atoms with E-state index in [0.29, 0.717) is 66.4 Å². The van der Waals surface area contributed by atoms with E-state index in [1.54, 1.807) is 39.8 Å². The first-order valence-electron chi connectivity index (χ1n) is 18.5. The number of benzene rings is 3. The van der Waals surface area contributed by atoms with Crippen LogP contribution in [0.4, 0.5) is 21.2 Å². The monoisotopic (exact) mass is 755 g/mol. The lowest BCUT2D eigenvalue weighted by Crippen LogP contribution is -2.45. The summed E-state index contributed by atoms with van der Waals surface area (Å²) in [4.78, 5) is 43.5. The van der Waals surface area contributed by atoms with Crippen molar-refractivity contribution in [2.75, 3.05) is 36.7 Å². The second kappa shape index (κ2) is 15.1. The molecule has 1 unspecified atom stereocenters. The highest BCUT2D eigenvalue weighted by Gasteiger charge is 2.66. The SMILES string of the molecule is COC(=O)CCCCN1C(=O)[C@]2(O[C@H](CCn3cc(C(CO)c4ccccc4)nn3)[C@@H]([Si](C)(C)F)[C@@H]2C)c2cc(N3C(=O)COc4ccccc43)ccc21. The standard InChI is InChI=1S/C40H46FN5O7Si/c1-26-38(54(3,4)41)35(19-21-44-23-31(42-43-44)29(24-47)27-12-6-5-7-13-27)53-40(26)30-22-28(46-33-14-8-9-15-34(33)52-25-36(46)48)17-18-32(30)45(39(40)50)20-11-10-16-37(49)51-2/h5-9,12-15,17-18,22-23,26,29,35,38,47H,10-11,16,19-21,24-25H2,1-4H3/t26-,29?,35+,38-,40+/m0/s1. The van der Waals surface area contributed by atoms with Crippen molar-refractivity contribution in [3.8, 4) is 5.75 Å². The van der Waals surface area contributed by atoms with E-state index < -0.39 is 31.6 Å². The third-order valence-electron chi connectivity index (χ3n) is 11.1. The normalized spacial score (nSPS) is 22.7. The minimum Gasteiger partial charge on any atom is -0.482 e. The Morgan fingerprint density at radius 1 is 1.06 bits per heavy atom. The van der Waals surface area contributed by atoms with Crippen LogP contribution in [0.5, 0.6) is 5.75 Å². The summed E-state index contributed by atoms with van der Waals surface area (Å²) < 4.78 is 35.8. The van der Waals surface area contributed by atoms with Crippen molar-refractivity contribution < 1.29 is 37.8 Å². The molecule has 0 bridgehead atoms. The summed E-state index contributed by atoms with van der Waals surface area (Å²) >= 11 is 0. The van der Waals surface area contributed by atoms with Crippen molar-refractivity contribution in [1.82, 2.24) is 15.0 Å². The molecule has 3 aromatic carbocycles. The molecule has 0 aliphatic carbocycles. The van der Waals surface area contributed by atoms with Gasteiger partial charge in [-0.15, -0.1) is 5.10 Å². The molecule has 0 radical (unpaired) electrons. The zero-order chi connectivity index (χ0) is 38.2. The first-order chi connectivity index (χ1) is 26.0. The van der Waals surface area contributed by atoms with Gasteiger partial charge < -0.3 is 28.3 Å². The number of halogens is 1. The first kappa shape index (κ1) is 37.4. The van der Waals surface area contributed by atoms with Gasteiger partial charge in [0, 0.05) is 48.4 Å². The van der Waals surface area contributed by atoms with Crippen LogP contribution in [0.1, 0.15) is 55.3 Å². The Labute approximate surface area is 315 Å². The number of esters is 1. The van der Waals surface area contributed by atoms with E-state index in [1.165, 1.54) is 7.11 Å². The molecule has 4 heterocycles. The topological polar surface area (TPSA) is 136 Å². The average molecular weight is 756 g/mol. The summed E-state index contributed by atoms with van der Waals surface area (Å²) in [6.45, 7) is 5.62. The summed E-state index contributed by atoms with van der Waals surface area (Å²) in [7, 11) is -2.13. The largest absolute Gasteiger partial charge is 0.482 e. The van der Waals surface area contributed by atoms with Gasteiger partial charge in [0.2, 0.25) is 8.41 Å². The maximum atomic E-state index is 16.6. The van der Waals surface area contributed by atoms with Gasteiger partial charge in [-0.25, -0.2) is 0 Å². The van der Waals surface area contributed by atoms with Crippen LogP contribution in [0, 0.1) is 5.92 Å². The fourth-order valence-electron chi connectivity index (χ4n) is 8.59. The van der Waals surface area contributed by atoms with Gasteiger partial charge in [-0.3, -0.25) is 24.0 Å². The number of anilines is 3. The number of aromatic nitrogens is 3. The molecule has 12 nitrogen and oxygen atoms in total. The van der Waals surface area contributed by atoms with Gasteiger partial charge in [0.1, 0.15) is 5.75 Å². The molecular formula is C40H46FN5O7Si. The van der Waals surface area contributed by atoms with Crippen molar-refractivity contribution >= 4 is 43.3 Å². The van der Waals surface area contributed by atoms with Gasteiger partial charge in [0.05, 0.1) is 42.8 Å². The molecule has 2 amide bonds. The first-order valence-corrected chi connectivity index (χ1v) is 21.4. The minimum atomic E-state index is -3.48. The van der Waals surface area contributed by atoms with Crippen LogP contribution < -0.4 is 14.5 Å². The smallest absolute Gasteiger partial charge is 0.305 e. The van der Waals surface area contributed by atoms with Crippen LogP contribution in [0.2, 0.25) is 18.6 Å². The van der Waals surface area contributed by atoms with Gasteiger partial charge in [-0.1, -0.05) is 54.6 Å². The zero-order valence-corrected chi connectivity index (χ0v) is 32.0. The van der Waals surface area contributed by atoms with Gasteiger partial charge in [-0.2, -0.15) is 0 Å². The number of aliphatic hydroxyl groups is 1. The van der Waals surface area contributed by atoms with Crippen LogP contribution in [0.25, 0.3) is 0 Å². The lowest BCUT2D eigenvalue weighted by Gasteiger charge is -2.32. The molecular weight excluding hydrogens is 710 g/mol. The molecule has 14 heteroatoms. The summed E-state index contributed by atoms with van der Waals surface area (Å²) in [6.07, 6.45) is 2.80. The van der Waals surface area contributed by atoms with Gasteiger partial charge in [-0.05, 0) is 68.3 Å². The summed E-state index contributed by atoms with van der Waals surface area (Å²) in [5, 5.41) is 18.9. The van der Waals surface area contributed by atoms with Gasteiger partial charge in [0.25, 0.3) is 11.8 Å². The highest BCUT2D eigenvalue weighted by Crippen LogP contribution is 2.61. The van der Waals surface area contributed by atoms with Crippen molar-refractivity contribution in [3.05, 3.63) is 95.8 Å². The van der Waals surface area contributed by atoms with Crippen molar-refractivity contribution in [3.63, 3.8) is 0 Å². The minimum absolute atomic E-state index is 0.136. The van der Waals surface area contributed by atoms with E-state index >= 15 is 4.11 Å². The fraction of sp³-hybridized carbons (Fsp3) is 0.425. The van der Waals surface area contributed by atoms with Crippen LogP contribution in [-0.4, -0.2) is 79.3 Å². The maximum Gasteiger partial charge on any atom is 0.305 e. The second-order valence-electron chi connectivity index (χ2n) is 14.8. The van der Waals surface area contributed by atoms with Crippen molar-refractivity contribution in [1.29, 1.82) is 0 Å². The predicted octanol–water partition coefficient (Wildman–Crippen LogP) is 6.01. The lowest BCUT2D eigenvalue weighted by molar-refractivity contribution is -0.146. The van der Waals surface area contributed by atoms with Crippen LogP contribution in [-0.2, 0) is 36.0 Å². The van der Waals surface area contributed by atoms with E-state index in [2.05, 4.69) is 10.3 Å². The van der Waals surface area contributed by atoms with E-state index in [-0.39, 0.29) is 43.3 Å². The molecule has 1 saturated heterocycles. The highest BCUT2D eigenvalue weighted by molar-refractivity contribution is 6.72. The number of aryl methyl sites for hydroxylation is 1. The number of fused-ring (bicyclic) bond motifs is 3. The number of ether oxygens (including phenoxy) is 3. The molecule has 54 heavy (non-hydrogen) atoms. The Bertz CT molecular complexity index is 2020. The fourth-order valence-corrected chi connectivity index (χ4v) is 11.1. The van der Waals surface area contributed by atoms with E-state index in [9.17, 15) is 19.5 Å². The number of methoxy groups -OCH3 is 1. The Hall–Kier alpha value is -4.92. The Balaban J connectivity index is 1.23. The highest BCUT2D eigenvalue weighted by atomic mass is 28.4. The van der Waals surface area contributed by atoms with Gasteiger partial charge >= 0.3 is 5.97 Å². The molecule has 4 aromatic rings. The van der Waals surface area contributed by atoms with E-state index in [4.69, 9.17) is 14.2 Å². The number of nitrogens with zero attached hydrogens (tertiary/aromatic N) is 5. The third-order valence-corrected chi connectivity index (χ3v) is 13.5. The number of amides is 2. The van der Waals surface area contributed by atoms with E-state index in [1.807, 2.05) is 73.7 Å². The molecule has 1 spiro atoms. The summed E-state index contributed by atoms with van der Waals surface area (Å²) in [5.74, 6) is -1.19. The quantitative estimate of drug-likeness (QED) is 0.0753. The molecule has 0 saturated carbocycles. The summed E-state index contributed by atoms with van der Waals surface area (Å²) in [6, 6.07) is 22.4. The van der Waals surface area contributed by atoms with E-state index in [0.717, 1.165) is 5.56 Å². The molecule has 1 N–H and O–H groups in total. The van der Waals surface area contributed by atoms with Crippen molar-refractivity contribution in [2.45, 2.75) is 75.4 Å². The molecule has 1 aromatic heterocycles. The third kappa shape index (κ3) is 6.71. The van der Waals surface area contributed by atoms with Gasteiger partial charge in [0.15, 0.2) is 12.2 Å². The van der Waals surface area contributed by atoms with Crippen LogP contribution in [0.3, 0.4) is 0 Å². The van der Waals surface area contributed by atoms with Crippen molar-refractivity contribution in [2.24, 2.45) is 5.92 Å². The number of hydrogen-bond donors (Lipinski definition) is 1. The molecule has 284 valence electrons. The second-order valence-corrected chi connectivity index (χ2v) is 18.6. The molecule has 5 atom stereocenters. The number of carbonyl (C=O) groups is 3. The Morgan fingerprint density at radius 2 is 1.81 bits per heavy atom. The summed E-state index contributed by atoms with van der Waals surface area (Å²) in [5.41, 5.74) is 1.82. The van der Waals surface area contributed by atoms with Crippen LogP contribution in [0.15, 0.2) is 79.0 Å². The number of aliphatic hydroxyl groups excluding tert-OH is 1. The molecule has 3 aliphatic rings. The number of carbonyl (C=O) groups excluding carboxylic acids is 3. The Morgan fingerprint density at radius 3 is 2.56 bits per heavy atom. The molecule has 1 fully saturated rings. The number of rotatable bonds is 13. The molecule has 3 aliphatic heterocycles. The lowest BCUT2D eigenvalue weighted by atomic mass is 9.82.